The summed E-state index contributed by atoms with van der Waals surface area (Å²) in [6.45, 7) is 3.05. The predicted octanol–water partition coefficient (Wildman–Crippen LogP) is 4.29. The molecule has 1 aliphatic carbocycles. The zero-order valence-electron chi connectivity index (χ0n) is 23.9. The number of ether oxygens (including phenoxy) is 4. The molecule has 13 heteroatoms. The number of amides is 2. The minimum absolute atomic E-state index is 0.0699. The highest BCUT2D eigenvalue weighted by atomic mass is 19.3. The maximum Gasteiger partial charge on any atom is 0.586 e. The van der Waals surface area contributed by atoms with Gasteiger partial charge >= 0.3 is 12.3 Å². The van der Waals surface area contributed by atoms with E-state index in [1.165, 1.54) is 12.1 Å². The molecule has 2 amide bonds. The standard InChI is InChI=1S/C31H31F2N3O8/c1-19-5-8-25(36-29(40)30(10-11-30)22-6-7-23-24(18-22)44-31(32,33)43-23)35-27(19)20-3-2-4-21(17-20)28(39)34-12-14-42-16-15-41-13-9-26(37)38/h2-8,17-18H,9-16H2,1H3,(H,34,39)(H,37,38)(H,35,36,40). The first kappa shape index (κ1) is 30.8. The molecule has 1 aliphatic heterocycles. The van der Waals surface area contributed by atoms with Gasteiger partial charge < -0.3 is 34.7 Å². The van der Waals surface area contributed by atoms with Gasteiger partial charge in [-0.3, -0.25) is 14.4 Å². The lowest BCUT2D eigenvalue weighted by atomic mass is 9.94. The van der Waals surface area contributed by atoms with Crippen LogP contribution in [0.1, 0.15) is 40.7 Å². The van der Waals surface area contributed by atoms with Crippen LogP contribution in [0.2, 0.25) is 0 Å². The SMILES string of the molecule is Cc1ccc(NC(=O)C2(c3ccc4c(c3)OC(F)(F)O4)CC2)nc1-c1cccc(C(=O)NCCOCCOCCC(=O)O)c1. The summed E-state index contributed by atoms with van der Waals surface area (Å²) < 4.78 is 46.5. The molecule has 0 bridgehead atoms. The van der Waals surface area contributed by atoms with E-state index in [1.54, 1.807) is 30.3 Å². The van der Waals surface area contributed by atoms with Crippen LogP contribution >= 0.6 is 0 Å². The number of fused-ring (bicyclic) bond motifs is 1. The number of carboxylic acid groups (broad SMARTS) is 1. The van der Waals surface area contributed by atoms with Gasteiger partial charge in [0, 0.05) is 17.7 Å². The molecule has 232 valence electrons. The average molecular weight is 612 g/mol. The van der Waals surface area contributed by atoms with Gasteiger partial charge in [-0.05, 0) is 61.2 Å². The number of carbonyl (C=O) groups is 3. The molecule has 2 aromatic carbocycles. The third-order valence-corrected chi connectivity index (χ3v) is 7.24. The first-order valence-corrected chi connectivity index (χ1v) is 14.0. The van der Waals surface area contributed by atoms with Crippen molar-refractivity contribution in [2.24, 2.45) is 0 Å². The normalized spacial score (nSPS) is 15.4. The monoisotopic (exact) mass is 611 g/mol. The lowest BCUT2D eigenvalue weighted by molar-refractivity contribution is -0.286. The lowest BCUT2D eigenvalue weighted by Gasteiger charge is -2.17. The minimum atomic E-state index is -3.74. The van der Waals surface area contributed by atoms with Crippen molar-refractivity contribution in [3.05, 3.63) is 71.3 Å². The van der Waals surface area contributed by atoms with Crippen LogP contribution in [0.3, 0.4) is 0 Å². The molecule has 0 saturated heterocycles. The molecule has 0 atom stereocenters. The van der Waals surface area contributed by atoms with E-state index >= 15 is 0 Å². The van der Waals surface area contributed by atoms with Gasteiger partial charge in [-0.1, -0.05) is 24.3 Å². The molecular weight excluding hydrogens is 580 g/mol. The van der Waals surface area contributed by atoms with Gasteiger partial charge in [0.2, 0.25) is 5.91 Å². The third-order valence-electron chi connectivity index (χ3n) is 7.24. The summed E-state index contributed by atoms with van der Waals surface area (Å²) in [4.78, 5) is 41.2. The Kier molecular flexibility index (Phi) is 9.06. The number of alkyl halides is 2. The number of pyridine rings is 1. The van der Waals surface area contributed by atoms with E-state index in [9.17, 15) is 23.2 Å². The van der Waals surface area contributed by atoms with Crippen LogP contribution in [-0.4, -0.2) is 67.1 Å². The number of nitrogens with zero attached hydrogens (tertiary/aromatic N) is 1. The van der Waals surface area contributed by atoms with Crippen molar-refractivity contribution in [1.29, 1.82) is 0 Å². The van der Waals surface area contributed by atoms with Crippen LogP contribution in [0.25, 0.3) is 11.3 Å². The van der Waals surface area contributed by atoms with Gasteiger partial charge in [-0.15, -0.1) is 8.78 Å². The molecule has 3 N–H and O–H groups in total. The lowest BCUT2D eigenvalue weighted by Crippen LogP contribution is -2.28. The van der Waals surface area contributed by atoms with Crippen LogP contribution < -0.4 is 20.1 Å². The fourth-order valence-corrected chi connectivity index (χ4v) is 4.77. The van der Waals surface area contributed by atoms with Crippen molar-refractivity contribution in [1.82, 2.24) is 10.3 Å². The number of carboxylic acids is 1. The van der Waals surface area contributed by atoms with Crippen molar-refractivity contribution in [3.63, 3.8) is 0 Å². The summed E-state index contributed by atoms with van der Waals surface area (Å²) >= 11 is 0. The molecule has 3 aromatic rings. The van der Waals surface area contributed by atoms with Gasteiger partial charge in [0.1, 0.15) is 5.82 Å². The van der Waals surface area contributed by atoms with Crippen molar-refractivity contribution in [3.8, 4) is 22.8 Å². The number of anilines is 1. The van der Waals surface area contributed by atoms with Crippen molar-refractivity contribution in [2.45, 2.75) is 37.9 Å². The summed E-state index contributed by atoms with van der Waals surface area (Å²) in [6.07, 6.45) is -2.73. The molecule has 0 spiro atoms. The molecule has 2 aliphatic rings. The molecule has 44 heavy (non-hydrogen) atoms. The molecule has 0 unspecified atom stereocenters. The number of aryl methyl sites for hydroxylation is 1. The Morgan fingerprint density at radius 2 is 1.70 bits per heavy atom. The molecule has 5 rings (SSSR count). The summed E-state index contributed by atoms with van der Waals surface area (Å²) in [5.74, 6) is -1.42. The molecular formula is C31H31F2N3O8. The fraction of sp³-hybridized carbons (Fsp3) is 0.355. The zero-order chi connectivity index (χ0) is 31.3. The number of carbonyl (C=O) groups excluding carboxylic acids is 2. The first-order valence-electron chi connectivity index (χ1n) is 14.0. The number of halogens is 2. The largest absolute Gasteiger partial charge is 0.586 e. The zero-order valence-corrected chi connectivity index (χ0v) is 23.9. The van der Waals surface area contributed by atoms with Crippen molar-refractivity contribution < 1.29 is 47.2 Å². The molecule has 1 saturated carbocycles. The highest BCUT2D eigenvalue weighted by Crippen LogP contribution is 2.52. The van der Waals surface area contributed by atoms with E-state index in [1.807, 2.05) is 19.1 Å². The molecule has 11 nitrogen and oxygen atoms in total. The molecule has 0 radical (unpaired) electrons. The number of benzene rings is 2. The summed E-state index contributed by atoms with van der Waals surface area (Å²) in [5.41, 5.74) is 2.17. The number of hydrogen-bond acceptors (Lipinski definition) is 8. The van der Waals surface area contributed by atoms with E-state index in [0.29, 0.717) is 41.0 Å². The summed E-state index contributed by atoms with van der Waals surface area (Å²) in [7, 11) is 0. The maximum absolute atomic E-state index is 13.5. The fourth-order valence-electron chi connectivity index (χ4n) is 4.77. The third kappa shape index (κ3) is 7.29. The first-order chi connectivity index (χ1) is 21.1. The average Bonchev–Trinajstić information content (AvgIpc) is 3.74. The quantitative estimate of drug-likeness (QED) is 0.227. The molecule has 2 heterocycles. The Morgan fingerprint density at radius 1 is 0.955 bits per heavy atom. The number of nitrogens with one attached hydrogen (secondary N) is 2. The van der Waals surface area contributed by atoms with E-state index in [-0.39, 0.29) is 62.7 Å². The van der Waals surface area contributed by atoms with Gasteiger partial charge in [-0.2, -0.15) is 0 Å². The van der Waals surface area contributed by atoms with Crippen LogP contribution in [0.5, 0.6) is 11.5 Å². The topological polar surface area (TPSA) is 145 Å². The number of aromatic nitrogens is 1. The van der Waals surface area contributed by atoms with E-state index in [0.717, 1.165) is 5.56 Å². The highest BCUT2D eigenvalue weighted by molar-refractivity contribution is 6.01. The second kappa shape index (κ2) is 12.9. The Morgan fingerprint density at radius 3 is 2.45 bits per heavy atom. The second-order valence-electron chi connectivity index (χ2n) is 10.4. The second-order valence-corrected chi connectivity index (χ2v) is 10.4. The van der Waals surface area contributed by atoms with E-state index in [2.05, 4.69) is 25.1 Å². The van der Waals surface area contributed by atoms with Gasteiger partial charge in [0.25, 0.3) is 5.91 Å². The Balaban J connectivity index is 1.18. The number of rotatable bonds is 14. The molecule has 1 aromatic heterocycles. The summed E-state index contributed by atoms with van der Waals surface area (Å²) in [6, 6.07) is 14.8. The van der Waals surface area contributed by atoms with Crippen molar-refractivity contribution in [2.75, 3.05) is 38.3 Å². The Hall–Kier alpha value is -4.62. The molecule has 1 fully saturated rings. The van der Waals surface area contributed by atoms with Crippen molar-refractivity contribution >= 4 is 23.6 Å². The maximum atomic E-state index is 13.5. The summed E-state index contributed by atoms with van der Waals surface area (Å²) in [5, 5.41) is 14.2. The van der Waals surface area contributed by atoms with Crippen LogP contribution in [0.15, 0.2) is 54.6 Å². The van der Waals surface area contributed by atoms with Crippen LogP contribution in [0, 0.1) is 6.92 Å². The van der Waals surface area contributed by atoms with Crippen LogP contribution in [-0.2, 0) is 24.5 Å². The Labute approximate surface area is 251 Å². The van der Waals surface area contributed by atoms with Gasteiger partial charge in [-0.25, -0.2) is 4.98 Å². The van der Waals surface area contributed by atoms with Gasteiger partial charge in [0.15, 0.2) is 11.5 Å². The Bertz CT molecular complexity index is 1560. The predicted molar refractivity (Wildman–Crippen MR) is 153 cm³/mol. The highest BCUT2D eigenvalue weighted by Gasteiger charge is 2.53. The van der Waals surface area contributed by atoms with Gasteiger partial charge in [0.05, 0.1) is 44.0 Å². The number of hydrogen-bond donors (Lipinski definition) is 3. The smallest absolute Gasteiger partial charge is 0.481 e. The van der Waals surface area contributed by atoms with Crippen LogP contribution in [0.4, 0.5) is 14.6 Å². The number of aliphatic carboxylic acids is 1. The van der Waals surface area contributed by atoms with E-state index in [4.69, 9.17) is 14.6 Å². The van der Waals surface area contributed by atoms with E-state index < -0.39 is 17.7 Å². The minimum Gasteiger partial charge on any atom is -0.481 e.